The molecular formula is C15H13N4O4S. The van der Waals surface area contributed by atoms with Crippen molar-refractivity contribution in [3.8, 4) is 0 Å². The van der Waals surface area contributed by atoms with Gasteiger partial charge in [0.05, 0.1) is 25.6 Å². The highest BCUT2D eigenvalue weighted by atomic mass is 32.1. The van der Waals surface area contributed by atoms with Gasteiger partial charge in [-0.15, -0.1) is 11.3 Å². The first kappa shape index (κ1) is 15.9. The van der Waals surface area contributed by atoms with Crippen molar-refractivity contribution in [3.63, 3.8) is 0 Å². The fraction of sp³-hybridized carbons (Fsp3) is 0.200. The highest BCUT2D eigenvalue weighted by Crippen LogP contribution is 2.18. The van der Waals surface area contributed by atoms with Crippen LogP contribution in [0.15, 0.2) is 45.4 Å². The van der Waals surface area contributed by atoms with Crippen LogP contribution in [-0.2, 0) is 4.79 Å². The van der Waals surface area contributed by atoms with Crippen molar-refractivity contribution in [3.05, 3.63) is 46.5 Å². The third-order valence-corrected chi connectivity index (χ3v) is 4.25. The summed E-state index contributed by atoms with van der Waals surface area (Å²) in [7, 11) is 0. The molecule has 3 heterocycles. The number of hydrogen-bond acceptors (Lipinski definition) is 6. The van der Waals surface area contributed by atoms with Gasteiger partial charge in [0.1, 0.15) is 11.8 Å². The largest absolute Gasteiger partial charge is 0.463 e. The maximum absolute atomic E-state index is 12.2. The zero-order valence-electron chi connectivity index (χ0n) is 12.4. The number of rotatable bonds is 5. The van der Waals surface area contributed by atoms with Crippen molar-refractivity contribution >= 4 is 35.9 Å². The van der Waals surface area contributed by atoms with Crippen LogP contribution < -0.4 is 5.32 Å². The van der Waals surface area contributed by atoms with Gasteiger partial charge in [-0.1, -0.05) is 6.07 Å². The van der Waals surface area contributed by atoms with Crippen LogP contribution in [0.3, 0.4) is 0 Å². The van der Waals surface area contributed by atoms with Crippen LogP contribution in [0, 0.1) is 0 Å². The third kappa shape index (κ3) is 3.35. The molecule has 8 nitrogen and oxygen atoms in total. The highest BCUT2D eigenvalue weighted by Gasteiger charge is 2.34. The van der Waals surface area contributed by atoms with Gasteiger partial charge >= 0.3 is 12.1 Å². The minimum atomic E-state index is -0.897. The van der Waals surface area contributed by atoms with E-state index >= 15 is 0 Å². The topological polar surface area (TPSA) is 95.2 Å². The second-order valence-electron chi connectivity index (χ2n) is 4.83. The molecule has 9 heteroatoms. The number of carbonyl (C=O) groups is 2. The molecule has 1 aliphatic rings. The summed E-state index contributed by atoms with van der Waals surface area (Å²) in [4.78, 5) is 37.1. The normalized spacial score (nSPS) is 15.9. The number of hydrogen-bond donors (Lipinski definition) is 1. The molecule has 0 bridgehead atoms. The third-order valence-electron chi connectivity index (χ3n) is 3.31. The predicted octanol–water partition coefficient (Wildman–Crippen LogP) is 1.97. The first-order valence-electron chi connectivity index (χ1n) is 7.07. The van der Waals surface area contributed by atoms with Crippen LogP contribution in [0.2, 0.25) is 0 Å². The molecule has 1 N–H and O–H groups in total. The molecule has 1 unspecified atom stereocenters. The van der Waals surface area contributed by atoms with E-state index in [0.717, 1.165) is 9.91 Å². The Bertz CT molecular complexity index is 742. The Labute approximate surface area is 141 Å². The Morgan fingerprint density at radius 3 is 2.96 bits per heavy atom. The lowest BCUT2D eigenvalue weighted by atomic mass is 10.3. The molecular weight excluding hydrogens is 332 g/mol. The zero-order chi connectivity index (χ0) is 16.9. The summed E-state index contributed by atoms with van der Waals surface area (Å²) in [6.07, 6.45) is 4.65. The van der Waals surface area contributed by atoms with Crippen molar-refractivity contribution in [1.82, 2.24) is 15.2 Å². The molecule has 1 saturated heterocycles. The van der Waals surface area contributed by atoms with E-state index in [4.69, 9.17) is 4.42 Å². The van der Waals surface area contributed by atoms with Crippen molar-refractivity contribution in [2.24, 2.45) is 5.10 Å². The van der Waals surface area contributed by atoms with E-state index in [1.54, 1.807) is 35.9 Å². The molecule has 1 fully saturated rings. The molecule has 3 rings (SSSR count). The molecule has 4 amide bonds. The first-order chi connectivity index (χ1) is 11.7. The summed E-state index contributed by atoms with van der Waals surface area (Å²) >= 11 is 1.32. The monoisotopic (exact) mass is 345 g/mol. The second kappa shape index (κ2) is 7.09. The molecule has 1 aliphatic heterocycles. The minimum Gasteiger partial charge on any atom is -0.463 e. The molecule has 2 aromatic rings. The lowest BCUT2D eigenvalue weighted by Gasteiger charge is -2.17. The smallest absolute Gasteiger partial charge is 0.348 e. The summed E-state index contributed by atoms with van der Waals surface area (Å²) in [5.74, 6) is 0.499. The van der Waals surface area contributed by atoms with Gasteiger partial charge in [0.25, 0.3) is 0 Å². The van der Waals surface area contributed by atoms with Crippen molar-refractivity contribution in [2.75, 3.05) is 13.1 Å². The lowest BCUT2D eigenvalue weighted by molar-refractivity contribution is 0.185. The molecule has 0 aliphatic carbocycles. The fourth-order valence-electron chi connectivity index (χ4n) is 2.13. The zero-order valence-corrected chi connectivity index (χ0v) is 13.2. The first-order valence-corrected chi connectivity index (χ1v) is 7.95. The Kier molecular flexibility index (Phi) is 4.71. The number of thiophene rings is 1. The van der Waals surface area contributed by atoms with Crippen LogP contribution in [0.5, 0.6) is 0 Å². The number of imide groups is 1. The maximum atomic E-state index is 12.2. The average Bonchev–Trinajstić information content (AvgIpc) is 3.32. The average molecular weight is 345 g/mol. The van der Waals surface area contributed by atoms with E-state index in [-0.39, 0.29) is 13.1 Å². The maximum Gasteiger partial charge on any atom is 0.348 e. The van der Waals surface area contributed by atoms with E-state index < -0.39 is 18.1 Å². The number of carbonyl (C=O) groups excluding carboxylic acids is 3. The van der Waals surface area contributed by atoms with Gasteiger partial charge in [-0.2, -0.15) is 5.10 Å². The second-order valence-corrected chi connectivity index (χ2v) is 5.81. The number of nitrogens with one attached hydrogen (secondary N) is 1. The Morgan fingerprint density at radius 2 is 2.29 bits per heavy atom. The number of hydrazone groups is 1. The van der Waals surface area contributed by atoms with Crippen molar-refractivity contribution in [2.45, 2.75) is 6.04 Å². The van der Waals surface area contributed by atoms with Gasteiger partial charge in [0.2, 0.25) is 6.29 Å². The van der Waals surface area contributed by atoms with E-state index in [1.807, 2.05) is 0 Å². The van der Waals surface area contributed by atoms with Crippen LogP contribution in [0.25, 0.3) is 0 Å². The number of urea groups is 2. The number of furan rings is 1. The molecule has 24 heavy (non-hydrogen) atoms. The van der Waals surface area contributed by atoms with Gasteiger partial charge in [0, 0.05) is 4.88 Å². The SMILES string of the molecule is O=[C]C(NC(=O)N1CCN(N=Cc2ccco2)C1=O)c1cccs1. The standard InChI is InChI=1S/C15H13N4O4S/c20-10-12(13-4-2-8-24-13)17-14(21)18-5-6-19(15(18)22)16-9-11-3-1-7-23-11/h1-4,7-9,12H,5-6H2,(H,17,21). The van der Waals surface area contributed by atoms with Crippen molar-refractivity contribution in [1.29, 1.82) is 0 Å². The predicted molar refractivity (Wildman–Crippen MR) is 86.4 cm³/mol. The number of nitrogens with zero attached hydrogens (tertiary/aromatic N) is 3. The molecule has 123 valence electrons. The van der Waals surface area contributed by atoms with Gasteiger partial charge in [0.15, 0.2) is 0 Å². The Hall–Kier alpha value is -2.94. The Balaban J connectivity index is 1.62. The highest BCUT2D eigenvalue weighted by molar-refractivity contribution is 7.10. The van der Waals surface area contributed by atoms with E-state index in [9.17, 15) is 14.4 Å². The van der Waals surface area contributed by atoms with Crippen molar-refractivity contribution < 1.29 is 18.8 Å². The van der Waals surface area contributed by atoms with Crippen LogP contribution in [-0.4, -0.2) is 47.6 Å². The van der Waals surface area contributed by atoms with E-state index in [2.05, 4.69) is 10.4 Å². The molecule has 1 atom stereocenters. The van der Waals surface area contributed by atoms with Gasteiger partial charge in [-0.05, 0) is 23.6 Å². The fourth-order valence-corrected chi connectivity index (χ4v) is 2.84. The summed E-state index contributed by atoms with van der Waals surface area (Å²) in [5, 5.41) is 9.43. The van der Waals surface area contributed by atoms with Crippen LogP contribution >= 0.6 is 11.3 Å². The van der Waals surface area contributed by atoms with E-state index in [1.165, 1.54) is 23.8 Å². The van der Waals surface area contributed by atoms with Gasteiger partial charge in [-0.3, -0.25) is 4.79 Å². The number of amides is 4. The molecule has 0 aromatic carbocycles. The molecule has 0 saturated carbocycles. The Morgan fingerprint density at radius 1 is 1.42 bits per heavy atom. The van der Waals surface area contributed by atoms with Gasteiger partial charge < -0.3 is 9.73 Å². The van der Waals surface area contributed by atoms with E-state index in [0.29, 0.717) is 10.6 Å². The summed E-state index contributed by atoms with van der Waals surface area (Å²) in [6, 6.07) is 4.76. The van der Waals surface area contributed by atoms with Gasteiger partial charge in [-0.25, -0.2) is 19.5 Å². The summed E-state index contributed by atoms with van der Waals surface area (Å²) < 4.78 is 5.09. The summed E-state index contributed by atoms with van der Waals surface area (Å²) in [5.41, 5.74) is 0. The summed E-state index contributed by atoms with van der Waals surface area (Å²) in [6.45, 7) is 0.439. The van der Waals surface area contributed by atoms with Crippen LogP contribution in [0.1, 0.15) is 16.7 Å². The quantitative estimate of drug-likeness (QED) is 0.838. The lowest BCUT2D eigenvalue weighted by Crippen LogP contribution is -2.43. The van der Waals surface area contributed by atoms with Crippen LogP contribution in [0.4, 0.5) is 9.59 Å². The molecule has 0 spiro atoms. The molecule has 1 radical (unpaired) electrons. The minimum absolute atomic E-state index is 0.177. The molecule has 2 aromatic heterocycles.